The molecular formula is C19H18N4S. The zero-order chi connectivity index (χ0) is 16.7. The van der Waals surface area contributed by atoms with Crippen LogP contribution in [-0.4, -0.2) is 19.7 Å². The molecule has 120 valence electrons. The summed E-state index contributed by atoms with van der Waals surface area (Å²) in [6.45, 7) is 6.42. The minimum absolute atomic E-state index is 0.0348. The molecule has 0 saturated heterocycles. The highest BCUT2D eigenvalue weighted by molar-refractivity contribution is 7.17. The summed E-state index contributed by atoms with van der Waals surface area (Å²) in [5.74, 6) is 0. The lowest BCUT2D eigenvalue weighted by Gasteiger charge is -2.18. The molecule has 0 fully saturated rings. The Labute approximate surface area is 144 Å². The predicted molar refractivity (Wildman–Crippen MR) is 99.1 cm³/mol. The molecule has 0 aliphatic carbocycles. The molecule has 0 aliphatic rings. The van der Waals surface area contributed by atoms with Gasteiger partial charge in [0.2, 0.25) is 0 Å². The van der Waals surface area contributed by atoms with Crippen molar-refractivity contribution in [2.24, 2.45) is 0 Å². The number of aromatic nitrogens is 4. The van der Waals surface area contributed by atoms with Crippen molar-refractivity contribution in [1.29, 1.82) is 0 Å². The van der Waals surface area contributed by atoms with E-state index in [-0.39, 0.29) is 5.54 Å². The van der Waals surface area contributed by atoms with E-state index >= 15 is 0 Å². The third-order valence-corrected chi connectivity index (χ3v) is 4.88. The molecule has 0 saturated carbocycles. The Bertz CT molecular complexity index is 993. The molecule has 0 N–H and O–H groups in total. The first-order valence-electron chi connectivity index (χ1n) is 7.87. The summed E-state index contributed by atoms with van der Waals surface area (Å²) in [6.07, 6.45) is 5.64. The van der Waals surface area contributed by atoms with E-state index in [1.165, 1.54) is 4.70 Å². The summed E-state index contributed by atoms with van der Waals surface area (Å²) in [6, 6.07) is 10.2. The van der Waals surface area contributed by atoms with Gasteiger partial charge >= 0.3 is 0 Å². The van der Waals surface area contributed by atoms with Gasteiger partial charge in [0.05, 0.1) is 21.4 Å². The van der Waals surface area contributed by atoms with Crippen LogP contribution in [0.5, 0.6) is 0 Å². The Balaban J connectivity index is 1.82. The third-order valence-electron chi connectivity index (χ3n) is 3.95. The summed E-state index contributed by atoms with van der Waals surface area (Å²) in [5.41, 5.74) is 5.08. The summed E-state index contributed by atoms with van der Waals surface area (Å²) >= 11 is 1.71. The Kier molecular flexibility index (Phi) is 3.46. The van der Waals surface area contributed by atoms with Gasteiger partial charge in [0.25, 0.3) is 0 Å². The van der Waals surface area contributed by atoms with Crippen LogP contribution in [0.15, 0.2) is 54.3 Å². The van der Waals surface area contributed by atoms with Crippen molar-refractivity contribution >= 4 is 21.6 Å². The number of hydrogen-bond donors (Lipinski definition) is 0. The number of rotatable bonds is 2. The largest absolute Gasteiger partial charge is 0.267 e. The predicted octanol–water partition coefficient (Wildman–Crippen LogP) is 4.98. The summed E-state index contributed by atoms with van der Waals surface area (Å²) in [5, 5.41) is 6.85. The number of nitrogens with zero attached hydrogens (tertiary/aromatic N) is 4. The number of hydrogen-bond acceptors (Lipinski definition) is 4. The topological polar surface area (TPSA) is 43.6 Å². The van der Waals surface area contributed by atoms with E-state index in [0.717, 1.165) is 28.0 Å². The molecule has 0 atom stereocenters. The van der Waals surface area contributed by atoms with E-state index in [2.05, 4.69) is 37.2 Å². The first kappa shape index (κ1) is 15.0. The Morgan fingerprint density at radius 2 is 1.75 bits per heavy atom. The van der Waals surface area contributed by atoms with Gasteiger partial charge in [-0.1, -0.05) is 0 Å². The van der Waals surface area contributed by atoms with Gasteiger partial charge in [0.15, 0.2) is 0 Å². The molecule has 4 rings (SSSR count). The number of pyridine rings is 2. The smallest absolute Gasteiger partial charge is 0.111 e. The van der Waals surface area contributed by atoms with Crippen LogP contribution in [0, 0.1) is 0 Å². The highest BCUT2D eigenvalue weighted by Crippen LogP contribution is 2.34. The molecule has 0 unspecified atom stereocenters. The van der Waals surface area contributed by atoms with Crippen molar-refractivity contribution in [2.45, 2.75) is 26.3 Å². The number of thiophene rings is 1. The van der Waals surface area contributed by atoms with Gasteiger partial charge in [-0.15, -0.1) is 11.3 Å². The summed E-state index contributed by atoms with van der Waals surface area (Å²) < 4.78 is 3.16. The van der Waals surface area contributed by atoms with Crippen molar-refractivity contribution in [3.63, 3.8) is 0 Å². The van der Waals surface area contributed by atoms with Crippen LogP contribution in [0.1, 0.15) is 20.8 Å². The standard InChI is InChI=1S/C19H18N4S/c1-19(2,3)23-11-8-16(22-23)15-4-5-17-18(21-15)14(12-24-17)13-6-9-20-10-7-13/h4-12H,1-3H3. The average molecular weight is 334 g/mol. The van der Waals surface area contributed by atoms with Crippen LogP contribution in [0.3, 0.4) is 0 Å². The van der Waals surface area contributed by atoms with Gasteiger partial charge in [0, 0.05) is 29.5 Å². The van der Waals surface area contributed by atoms with E-state index in [1.54, 1.807) is 11.3 Å². The second-order valence-corrected chi connectivity index (χ2v) is 7.66. The monoisotopic (exact) mass is 334 g/mol. The Morgan fingerprint density at radius 3 is 2.46 bits per heavy atom. The van der Waals surface area contributed by atoms with E-state index in [4.69, 9.17) is 10.1 Å². The van der Waals surface area contributed by atoms with Gasteiger partial charge < -0.3 is 0 Å². The molecule has 0 amide bonds. The third kappa shape index (κ3) is 2.61. The summed E-state index contributed by atoms with van der Waals surface area (Å²) in [7, 11) is 0. The quantitative estimate of drug-likeness (QED) is 0.519. The van der Waals surface area contributed by atoms with Gasteiger partial charge in [-0.25, -0.2) is 4.98 Å². The highest BCUT2D eigenvalue weighted by atomic mass is 32.1. The zero-order valence-corrected chi connectivity index (χ0v) is 14.7. The lowest BCUT2D eigenvalue weighted by atomic mass is 10.1. The van der Waals surface area contributed by atoms with Crippen LogP contribution < -0.4 is 0 Å². The second kappa shape index (κ2) is 5.53. The second-order valence-electron chi connectivity index (χ2n) is 6.74. The fourth-order valence-electron chi connectivity index (χ4n) is 2.63. The molecule has 4 aromatic rings. The molecule has 0 aliphatic heterocycles. The molecule has 0 aromatic carbocycles. The minimum Gasteiger partial charge on any atom is -0.267 e. The van der Waals surface area contributed by atoms with Gasteiger partial charge in [-0.3, -0.25) is 9.67 Å². The van der Waals surface area contributed by atoms with Crippen molar-refractivity contribution in [1.82, 2.24) is 19.7 Å². The van der Waals surface area contributed by atoms with Crippen LogP contribution in [0.2, 0.25) is 0 Å². The average Bonchev–Trinajstić information content (AvgIpc) is 3.22. The maximum atomic E-state index is 4.89. The molecule has 5 heteroatoms. The van der Waals surface area contributed by atoms with Crippen molar-refractivity contribution in [3.05, 3.63) is 54.3 Å². The fourth-order valence-corrected chi connectivity index (χ4v) is 3.53. The van der Waals surface area contributed by atoms with Crippen LogP contribution in [0.25, 0.3) is 32.7 Å². The van der Waals surface area contributed by atoms with Gasteiger partial charge in [-0.05, 0) is 56.7 Å². The Hall–Kier alpha value is -2.53. The van der Waals surface area contributed by atoms with E-state index in [9.17, 15) is 0 Å². The molecule has 0 bridgehead atoms. The van der Waals surface area contributed by atoms with E-state index < -0.39 is 0 Å². The van der Waals surface area contributed by atoms with Crippen molar-refractivity contribution in [3.8, 4) is 22.5 Å². The molecule has 4 heterocycles. The molecule has 0 spiro atoms. The normalized spacial score (nSPS) is 12.0. The maximum Gasteiger partial charge on any atom is 0.111 e. The SMILES string of the molecule is CC(C)(C)n1ccc(-c2ccc3scc(-c4ccncc4)c3n2)n1. The van der Waals surface area contributed by atoms with Gasteiger partial charge in [0.1, 0.15) is 5.69 Å². The van der Waals surface area contributed by atoms with Crippen molar-refractivity contribution < 1.29 is 0 Å². The van der Waals surface area contributed by atoms with E-state index in [0.29, 0.717) is 0 Å². The summed E-state index contributed by atoms with van der Waals surface area (Å²) in [4.78, 5) is 8.99. The lowest BCUT2D eigenvalue weighted by Crippen LogP contribution is -2.22. The first-order valence-corrected chi connectivity index (χ1v) is 8.75. The molecular weight excluding hydrogens is 316 g/mol. The van der Waals surface area contributed by atoms with Crippen LogP contribution in [-0.2, 0) is 5.54 Å². The Morgan fingerprint density at radius 1 is 0.958 bits per heavy atom. The maximum absolute atomic E-state index is 4.89. The van der Waals surface area contributed by atoms with Crippen LogP contribution >= 0.6 is 11.3 Å². The number of fused-ring (bicyclic) bond motifs is 1. The lowest BCUT2D eigenvalue weighted by molar-refractivity contribution is 0.356. The molecule has 4 nitrogen and oxygen atoms in total. The molecule has 24 heavy (non-hydrogen) atoms. The fraction of sp³-hybridized carbons (Fsp3) is 0.211. The van der Waals surface area contributed by atoms with Crippen molar-refractivity contribution in [2.75, 3.05) is 0 Å². The van der Waals surface area contributed by atoms with E-state index in [1.807, 2.05) is 47.5 Å². The zero-order valence-electron chi connectivity index (χ0n) is 13.9. The first-order chi connectivity index (χ1) is 11.5. The minimum atomic E-state index is -0.0348. The van der Waals surface area contributed by atoms with Gasteiger partial charge in [-0.2, -0.15) is 5.10 Å². The highest BCUT2D eigenvalue weighted by Gasteiger charge is 2.16. The molecule has 4 aromatic heterocycles. The molecule has 0 radical (unpaired) electrons. The van der Waals surface area contributed by atoms with Crippen LogP contribution in [0.4, 0.5) is 0 Å².